The summed E-state index contributed by atoms with van der Waals surface area (Å²) in [5.74, 6) is 6.67. The average molecular weight is 494 g/mol. The number of hydrogen-bond acceptors (Lipinski definition) is 3. The van der Waals surface area contributed by atoms with Crippen molar-refractivity contribution in [3.05, 3.63) is 51.1 Å². The summed E-state index contributed by atoms with van der Waals surface area (Å²) in [7, 11) is 0. The van der Waals surface area contributed by atoms with E-state index in [9.17, 15) is 9.59 Å². The molecule has 1 aromatic carbocycles. The van der Waals surface area contributed by atoms with Gasteiger partial charge in [0.1, 0.15) is 5.82 Å². The van der Waals surface area contributed by atoms with Crippen molar-refractivity contribution in [1.29, 1.82) is 0 Å². The number of carbonyl (C=O) groups is 2. The summed E-state index contributed by atoms with van der Waals surface area (Å²) in [6.45, 7) is 7.01. The molecular weight excluding hydrogens is 466 g/mol. The highest BCUT2D eigenvalue weighted by Crippen LogP contribution is 2.33. The van der Waals surface area contributed by atoms with E-state index >= 15 is 0 Å². The Morgan fingerprint density at radius 2 is 1.88 bits per heavy atom. The summed E-state index contributed by atoms with van der Waals surface area (Å²) in [4.78, 5) is 33.4. The largest absolute Gasteiger partial charge is 0.343 e. The fourth-order valence-electron chi connectivity index (χ4n) is 4.44. The number of amides is 2. The zero-order valence-electron chi connectivity index (χ0n) is 18.9. The molecule has 2 aromatic rings. The van der Waals surface area contributed by atoms with Gasteiger partial charge >= 0.3 is 5.91 Å². The molecule has 1 aliphatic heterocycles. The van der Waals surface area contributed by atoms with E-state index < -0.39 is 0 Å². The van der Waals surface area contributed by atoms with Gasteiger partial charge in [0.15, 0.2) is 0 Å². The van der Waals surface area contributed by atoms with Crippen LogP contribution in [0.5, 0.6) is 0 Å². The van der Waals surface area contributed by atoms with E-state index in [4.69, 9.17) is 4.98 Å². The zero-order chi connectivity index (χ0) is 22.8. The van der Waals surface area contributed by atoms with Gasteiger partial charge in [0.2, 0.25) is 5.91 Å². The zero-order valence-corrected chi connectivity index (χ0v) is 20.5. The Bertz CT molecular complexity index is 1120. The molecule has 0 radical (unpaired) electrons. The molecule has 5 nitrogen and oxygen atoms in total. The van der Waals surface area contributed by atoms with Crippen molar-refractivity contribution in [2.75, 3.05) is 18.0 Å². The SMILES string of the molecule is CC(=O)N1CCC(C#CC(=O)N(c2ccc3c(n2)CCC3)c2cc(C)c(Br)cc2C)CC1. The molecule has 0 spiro atoms. The fraction of sp³-hybridized carbons (Fsp3) is 0.423. The molecule has 166 valence electrons. The maximum atomic E-state index is 13.4. The quantitative estimate of drug-likeness (QED) is 0.560. The van der Waals surface area contributed by atoms with E-state index in [2.05, 4.69) is 33.8 Å². The molecule has 1 aromatic heterocycles. The number of halogens is 1. The number of anilines is 2. The van der Waals surface area contributed by atoms with E-state index in [0.29, 0.717) is 18.9 Å². The lowest BCUT2D eigenvalue weighted by atomic mass is 9.97. The predicted molar refractivity (Wildman–Crippen MR) is 130 cm³/mol. The number of hydrogen-bond donors (Lipinski definition) is 0. The Hall–Kier alpha value is -2.65. The molecule has 2 aliphatic rings. The minimum Gasteiger partial charge on any atom is -0.343 e. The number of fused-ring (bicyclic) bond motifs is 1. The number of pyridine rings is 1. The molecule has 2 heterocycles. The van der Waals surface area contributed by atoms with Gasteiger partial charge in [-0.05, 0) is 86.8 Å². The Kier molecular flexibility index (Phi) is 6.66. The second-order valence-electron chi connectivity index (χ2n) is 8.71. The molecule has 0 atom stereocenters. The van der Waals surface area contributed by atoms with Crippen molar-refractivity contribution in [3.63, 3.8) is 0 Å². The molecule has 6 heteroatoms. The summed E-state index contributed by atoms with van der Waals surface area (Å²) in [5, 5.41) is 0. The van der Waals surface area contributed by atoms with Crippen LogP contribution in [0.15, 0.2) is 28.7 Å². The van der Waals surface area contributed by atoms with Gasteiger partial charge in [-0.3, -0.25) is 14.5 Å². The smallest absolute Gasteiger partial charge is 0.308 e. The Morgan fingerprint density at radius 1 is 1.12 bits per heavy atom. The number of aromatic nitrogens is 1. The number of carbonyl (C=O) groups excluding carboxylic acids is 2. The van der Waals surface area contributed by atoms with Crippen LogP contribution in [0.25, 0.3) is 0 Å². The fourth-order valence-corrected chi connectivity index (χ4v) is 4.89. The lowest BCUT2D eigenvalue weighted by molar-refractivity contribution is -0.130. The van der Waals surface area contributed by atoms with Gasteiger partial charge in [0.05, 0.1) is 5.69 Å². The van der Waals surface area contributed by atoms with Crippen LogP contribution in [0.4, 0.5) is 11.5 Å². The molecule has 1 fully saturated rings. The first kappa shape index (κ1) is 22.5. The highest BCUT2D eigenvalue weighted by molar-refractivity contribution is 9.10. The van der Waals surface area contributed by atoms with Crippen molar-refractivity contribution < 1.29 is 9.59 Å². The number of nitrogens with zero attached hydrogens (tertiary/aromatic N) is 3. The molecule has 4 rings (SSSR count). The number of aryl methyl sites for hydroxylation is 4. The average Bonchev–Trinajstić information content (AvgIpc) is 3.24. The van der Waals surface area contributed by atoms with Gasteiger partial charge in [0, 0.05) is 36.1 Å². The Morgan fingerprint density at radius 3 is 2.59 bits per heavy atom. The van der Waals surface area contributed by atoms with Crippen molar-refractivity contribution in [2.45, 2.75) is 52.9 Å². The van der Waals surface area contributed by atoms with E-state index in [-0.39, 0.29) is 17.7 Å². The summed E-state index contributed by atoms with van der Waals surface area (Å²) in [6, 6.07) is 8.07. The van der Waals surface area contributed by atoms with Crippen LogP contribution in [0.3, 0.4) is 0 Å². The van der Waals surface area contributed by atoms with Gasteiger partial charge in [-0.2, -0.15) is 0 Å². The van der Waals surface area contributed by atoms with Crippen LogP contribution in [-0.4, -0.2) is 34.8 Å². The third kappa shape index (κ3) is 4.73. The standard InChI is InChI=1S/C26H28BrN3O2/c1-17-16-24(18(2)15-22(17)27)30(25-9-8-21-5-4-6-23(21)28-25)26(32)10-7-20-11-13-29(14-12-20)19(3)31/h8-9,15-16,20H,4-6,11-14H2,1-3H3. The second-order valence-corrected chi connectivity index (χ2v) is 9.56. The van der Waals surface area contributed by atoms with Gasteiger partial charge in [-0.1, -0.05) is 27.9 Å². The minimum absolute atomic E-state index is 0.0995. The summed E-state index contributed by atoms with van der Waals surface area (Å²) in [6.07, 6.45) is 4.70. The molecule has 2 amide bonds. The van der Waals surface area contributed by atoms with Crippen molar-refractivity contribution in [1.82, 2.24) is 9.88 Å². The van der Waals surface area contributed by atoms with Gasteiger partial charge < -0.3 is 4.90 Å². The molecular formula is C26H28BrN3O2. The summed E-state index contributed by atoms with van der Waals surface area (Å²) < 4.78 is 1.01. The normalized spacial score (nSPS) is 15.7. The molecule has 1 saturated heterocycles. The third-order valence-electron chi connectivity index (χ3n) is 6.39. The first-order valence-corrected chi connectivity index (χ1v) is 12.0. The molecule has 1 aliphatic carbocycles. The van der Waals surface area contributed by atoms with Crippen molar-refractivity contribution in [3.8, 4) is 11.8 Å². The number of rotatable bonds is 2. The van der Waals surface area contributed by atoms with E-state index in [1.54, 1.807) is 11.8 Å². The van der Waals surface area contributed by atoms with E-state index in [0.717, 1.165) is 59.1 Å². The van der Waals surface area contributed by atoms with Crippen molar-refractivity contribution >= 4 is 39.2 Å². The van der Waals surface area contributed by atoms with Crippen LogP contribution in [0.2, 0.25) is 0 Å². The summed E-state index contributed by atoms with van der Waals surface area (Å²) in [5.41, 5.74) is 5.19. The molecule has 0 N–H and O–H groups in total. The van der Waals surface area contributed by atoms with E-state index in [1.165, 1.54) is 5.56 Å². The number of likely N-dealkylation sites (tertiary alicyclic amines) is 1. The molecule has 32 heavy (non-hydrogen) atoms. The number of benzene rings is 1. The highest BCUT2D eigenvalue weighted by atomic mass is 79.9. The lowest BCUT2D eigenvalue weighted by Crippen LogP contribution is -2.36. The van der Waals surface area contributed by atoms with Crippen LogP contribution < -0.4 is 4.90 Å². The van der Waals surface area contributed by atoms with Crippen LogP contribution in [-0.2, 0) is 22.4 Å². The first-order valence-electron chi connectivity index (χ1n) is 11.2. The number of piperidine rings is 1. The molecule has 0 bridgehead atoms. The predicted octanol–water partition coefficient (Wildman–Crippen LogP) is 4.88. The topological polar surface area (TPSA) is 53.5 Å². The first-order chi connectivity index (χ1) is 15.3. The van der Waals surface area contributed by atoms with Crippen LogP contribution >= 0.6 is 15.9 Å². The van der Waals surface area contributed by atoms with Crippen LogP contribution in [0, 0.1) is 31.6 Å². The minimum atomic E-state index is -0.269. The third-order valence-corrected chi connectivity index (χ3v) is 7.24. The van der Waals surface area contributed by atoms with Gasteiger partial charge in [-0.25, -0.2) is 4.98 Å². The maximum absolute atomic E-state index is 13.4. The van der Waals surface area contributed by atoms with Gasteiger partial charge in [-0.15, -0.1) is 0 Å². The van der Waals surface area contributed by atoms with Gasteiger partial charge in [0.25, 0.3) is 0 Å². The van der Waals surface area contributed by atoms with E-state index in [1.807, 2.05) is 36.9 Å². The second kappa shape index (κ2) is 9.46. The Balaban J connectivity index is 1.65. The lowest BCUT2D eigenvalue weighted by Gasteiger charge is -2.28. The van der Waals surface area contributed by atoms with Crippen molar-refractivity contribution in [2.24, 2.45) is 5.92 Å². The molecule has 0 saturated carbocycles. The van der Waals surface area contributed by atoms with Crippen LogP contribution in [0.1, 0.15) is 48.6 Å². The molecule has 0 unspecified atom stereocenters. The Labute approximate surface area is 198 Å². The highest BCUT2D eigenvalue weighted by Gasteiger charge is 2.24. The monoisotopic (exact) mass is 493 g/mol. The maximum Gasteiger partial charge on any atom is 0.308 e. The summed E-state index contributed by atoms with van der Waals surface area (Å²) >= 11 is 3.59.